The molecule has 1 aromatic carbocycles. The molecule has 1 N–H and O–H groups in total. The standard InChI is InChI=1S/C17H23NO3/c1-12-5-4-9-18(16(12)17(19)20)11-13-8-10-21-15-7-3-2-6-14(13)15/h2-3,6-7,12-13,16H,4-5,8-11H2,1H3,(H,19,20). The molecule has 2 heterocycles. The quantitative estimate of drug-likeness (QED) is 0.929. The number of para-hydroxylation sites is 1. The number of carboxylic acid groups (broad SMARTS) is 1. The third-order valence-corrected chi connectivity index (χ3v) is 4.83. The number of carboxylic acids is 1. The van der Waals surface area contributed by atoms with Crippen molar-refractivity contribution >= 4 is 5.97 Å². The van der Waals surface area contributed by atoms with Crippen molar-refractivity contribution in [1.82, 2.24) is 4.90 Å². The smallest absolute Gasteiger partial charge is 0.321 e. The third-order valence-electron chi connectivity index (χ3n) is 4.83. The fraction of sp³-hybridized carbons (Fsp3) is 0.588. The molecule has 2 aliphatic heterocycles. The van der Waals surface area contributed by atoms with Crippen LogP contribution in [0.4, 0.5) is 0 Å². The number of nitrogens with zero attached hydrogens (tertiary/aromatic N) is 1. The zero-order valence-corrected chi connectivity index (χ0v) is 12.5. The summed E-state index contributed by atoms with van der Waals surface area (Å²) in [5.41, 5.74) is 1.23. The Morgan fingerprint density at radius 1 is 1.38 bits per heavy atom. The van der Waals surface area contributed by atoms with E-state index in [-0.39, 0.29) is 12.0 Å². The number of hydrogen-bond donors (Lipinski definition) is 1. The van der Waals surface area contributed by atoms with Gasteiger partial charge in [-0.05, 0) is 43.4 Å². The molecule has 3 atom stereocenters. The number of fused-ring (bicyclic) bond motifs is 1. The summed E-state index contributed by atoms with van der Waals surface area (Å²) in [4.78, 5) is 13.8. The fourth-order valence-corrected chi connectivity index (χ4v) is 3.77. The maximum atomic E-state index is 11.6. The first kappa shape index (κ1) is 14.4. The lowest BCUT2D eigenvalue weighted by atomic mass is 9.87. The first-order chi connectivity index (χ1) is 10.2. The van der Waals surface area contributed by atoms with Crippen molar-refractivity contribution in [2.45, 2.75) is 38.1 Å². The number of hydrogen-bond acceptors (Lipinski definition) is 3. The van der Waals surface area contributed by atoms with Crippen molar-refractivity contribution in [2.24, 2.45) is 5.92 Å². The van der Waals surface area contributed by atoms with Crippen LogP contribution in [0.15, 0.2) is 24.3 Å². The second kappa shape index (κ2) is 6.06. The summed E-state index contributed by atoms with van der Waals surface area (Å²) in [5.74, 6) is 0.890. The second-order valence-electron chi connectivity index (χ2n) is 6.27. The van der Waals surface area contributed by atoms with Crippen molar-refractivity contribution in [3.63, 3.8) is 0 Å². The maximum Gasteiger partial charge on any atom is 0.321 e. The molecule has 0 bridgehead atoms. The molecule has 0 saturated carbocycles. The first-order valence-electron chi connectivity index (χ1n) is 7.85. The molecule has 0 radical (unpaired) electrons. The Hall–Kier alpha value is -1.55. The first-order valence-corrected chi connectivity index (χ1v) is 7.85. The number of likely N-dealkylation sites (tertiary alicyclic amines) is 1. The van der Waals surface area contributed by atoms with Crippen LogP contribution in [-0.4, -0.2) is 41.7 Å². The third kappa shape index (κ3) is 2.91. The van der Waals surface area contributed by atoms with E-state index in [2.05, 4.69) is 17.9 Å². The number of piperidine rings is 1. The molecule has 1 fully saturated rings. The van der Waals surface area contributed by atoms with Crippen molar-refractivity contribution in [3.8, 4) is 5.75 Å². The highest BCUT2D eigenvalue weighted by molar-refractivity contribution is 5.74. The molecule has 0 spiro atoms. The topological polar surface area (TPSA) is 49.8 Å². The van der Waals surface area contributed by atoms with E-state index in [0.717, 1.165) is 44.7 Å². The van der Waals surface area contributed by atoms with Gasteiger partial charge in [0.25, 0.3) is 0 Å². The van der Waals surface area contributed by atoms with Crippen LogP contribution >= 0.6 is 0 Å². The second-order valence-corrected chi connectivity index (χ2v) is 6.27. The molecule has 0 amide bonds. The molecule has 2 aliphatic rings. The summed E-state index contributed by atoms with van der Waals surface area (Å²) in [5, 5.41) is 9.54. The highest BCUT2D eigenvalue weighted by Crippen LogP contribution is 2.35. The van der Waals surface area contributed by atoms with Crippen molar-refractivity contribution in [1.29, 1.82) is 0 Å². The molecule has 3 rings (SSSR count). The van der Waals surface area contributed by atoms with Crippen LogP contribution in [-0.2, 0) is 4.79 Å². The number of carbonyl (C=O) groups is 1. The molecule has 1 aromatic rings. The minimum atomic E-state index is -0.678. The lowest BCUT2D eigenvalue weighted by Crippen LogP contribution is -2.50. The summed E-state index contributed by atoms with van der Waals surface area (Å²) in [6.45, 7) is 4.49. The van der Waals surface area contributed by atoms with Crippen LogP contribution in [0.25, 0.3) is 0 Å². The molecule has 0 aromatic heterocycles. The van der Waals surface area contributed by atoms with Gasteiger partial charge in [0.1, 0.15) is 11.8 Å². The van der Waals surface area contributed by atoms with E-state index in [4.69, 9.17) is 4.74 Å². The van der Waals surface area contributed by atoms with Gasteiger partial charge >= 0.3 is 5.97 Å². The molecule has 1 saturated heterocycles. The van der Waals surface area contributed by atoms with Crippen LogP contribution < -0.4 is 4.74 Å². The molecule has 4 nitrogen and oxygen atoms in total. The highest BCUT2D eigenvalue weighted by atomic mass is 16.5. The van der Waals surface area contributed by atoms with Gasteiger partial charge < -0.3 is 9.84 Å². The van der Waals surface area contributed by atoms with E-state index in [1.165, 1.54) is 5.56 Å². The largest absolute Gasteiger partial charge is 0.493 e. The molecule has 0 aliphatic carbocycles. The van der Waals surface area contributed by atoms with Crippen LogP contribution in [0.2, 0.25) is 0 Å². The zero-order valence-electron chi connectivity index (χ0n) is 12.5. The molecule has 21 heavy (non-hydrogen) atoms. The van der Waals surface area contributed by atoms with Gasteiger partial charge in [-0.1, -0.05) is 25.1 Å². The van der Waals surface area contributed by atoms with Crippen LogP contribution in [0.1, 0.15) is 37.7 Å². The average molecular weight is 289 g/mol. The highest BCUT2D eigenvalue weighted by Gasteiger charge is 2.36. The Labute approximate surface area is 125 Å². The minimum Gasteiger partial charge on any atom is -0.493 e. The Morgan fingerprint density at radius 2 is 2.19 bits per heavy atom. The number of aliphatic carboxylic acids is 1. The zero-order chi connectivity index (χ0) is 14.8. The van der Waals surface area contributed by atoms with Crippen LogP contribution in [0.3, 0.4) is 0 Å². The van der Waals surface area contributed by atoms with E-state index in [0.29, 0.717) is 5.92 Å². The van der Waals surface area contributed by atoms with Gasteiger partial charge in [-0.3, -0.25) is 9.69 Å². The van der Waals surface area contributed by atoms with E-state index in [9.17, 15) is 9.90 Å². The van der Waals surface area contributed by atoms with Crippen molar-refractivity contribution < 1.29 is 14.6 Å². The molecular weight excluding hydrogens is 266 g/mol. The van der Waals surface area contributed by atoms with Gasteiger partial charge in [-0.15, -0.1) is 0 Å². The number of ether oxygens (including phenoxy) is 1. The molecular formula is C17H23NO3. The lowest BCUT2D eigenvalue weighted by Gasteiger charge is -2.40. The van der Waals surface area contributed by atoms with E-state index in [1.807, 2.05) is 18.2 Å². The van der Waals surface area contributed by atoms with Gasteiger partial charge in [-0.2, -0.15) is 0 Å². The van der Waals surface area contributed by atoms with Crippen molar-refractivity contribution in [3.05, 3.63) is 29.8 Å². The Kier molecular flexibility index (Phi) is 4.15. The van der Waals surface area contributed by atoms with Gasteiger partial charge in [0.2, 0.25) is 0 Å². The van der Waals surface area contributed by atoms with Gasteiger partial charge in [0.05, 0.1) is 6.61 Å². The summed E-state index contributed by atoms with van der Waals surface area (Å²) in [7, 11) is 0. The predicted molar refractivity (Wildman–Crippen MR) is 80.7 cm³/mol. The summed E-state index contributed by atoms with van der Waals surface area (Å²) < 4.78 is 5.70. The normalized spacial score (nSPS) is 29.5. The average Bonchev–Trinajstić information content (AvgIpc) is 2.47. The van der Waals surface area contributed by atoms with E-state index >= 15 is 0 Å². The van der Waals surface area contributed by atoms with E-state index < -0.39 is 5.97 Å². The SMILES string of the molecule is CC1CCCN(CC2CCOc3ccccc32)C1C(=O)O. The summed E-state index contributed by atoms with van der Waals surface area (Å²) in [6, 6.07) is 7.81. The van der Waals surface area contributed by atoms with Crippen LogP contribution in [0, 0.1) is 5.92 Å². The van der Waals surface area contributed by atoms with Crippen LogP contribution in [0.5, 0.6) is 5.75 Å². The van der Waals surface area contributed by atoms with Crippen molar-refractivity contribution in [2.75, 3.05) is 19.7 Å². The number of benzene rings is 1. The Balaban J connectivity index is 1.78. The number of rotatable bonds is 3. The monoisotopic (exact) mass is 289 g/mol. The lowest BCUT2D eigenvalue weighted by molar-refractivity contribution is -0.147. The van der Waals surface area contributed by atoms with Gasteiger partial charge in [-0.25, -0.2) is 0 Å². The van der Waals surface area contributed by atoms with Gasteiger partial charge in [0.15, 0.2) is 0 Å². The summed E-state index contributed by atoms with van der Waals surface area (Å²) in [6.07, 6.45) is 3.07. The summed E-state index contributed by atoms with van der Waals surface area (Å²) >= 11 is 0. The Morgan fingerprint density at radius 3 is 3.00 bits per heavy atom. The van der Waals surface area contributed by atoms with E-state index in [1.54, 1.807) is 0 Å². The molecule has 114 valence electrons. The fourth-order valence-electron chi connectivity index (χ4n) is 3.77. The molecule has 3 unspecified atom stereocenters. The maximum absolute atomic E-state index is 11.6. The Bertz CT molecular complexity index is 517. The predicted octanol–water partition coefficient (Wildman–Crippen LogP) is 2.74. The minimum absolute atomic E-state index is 0.228. The molecule has 4 heteroatoms. The van der Waals surface area contributed by atoms with Gasteiger partial charge in [0, 0.05) is 12.5 Å².